The number of carbonyl (C=O) groups excluding carboxylic acids is 3. The van der Waals surface area contributed by atoms with E-state index in [9.17, 15) is 14.4 Å². The zero-order chi connectivity index (χ0) is 16.9. The maximum atomic E-state index is 12.8. The van der Waals surface area contributed by atoms with E-state index in [2.05, 4.69) is 5.32 Å². The van der Waals surface area contributed by atoms with Crippen molar-refractivity contribution in [2.45, 2.75) is 25.8 Å². The molecule has 0 aromatic heterocycles. The van der Waals surface area contributed by atoms with Crippen LogP contribution in [0.4, 0.5) is 4.79 Å². The van der Waals surface area contributed by atoms with E-state index in [0.29, 0.717) is 12.0 Å². The second kappa shape index (κ2) is 7.09. The number of allylic oxidation sites excluding steroid dienone is 1. The van der Waals surface area contributed by atoms with Gasteiger partial charge in [0.05, 0.1) is 0 Å². The Hall–Kier alpha value is -2.63. The number of nitrogens with zero attached hydrogens (tertiary/aromatic N) is 1. The van der Waals surface area contributed by atoms with Crippen molar-refractivity contribution in [3.63, 3.8) is 0 Å². The maximum Gasteiger partial charge on any atom is 0.326 e. The molecule has 1 atom stereocenters. The van der Waals surface area contributed by atoms with E-state index in [-0.39, 0.29) is 6.61 Å². The average Bonchev–Trinajstić information content (AvgIpc) is 2.81. The van der Waals surface area contributed by atoms with Gasteiger partial charge in [-0.3, -0.25) is 14.5 Å². The van der Waals surface area contributed by atoms with Crippen LogP contribution in [0.3, 0.4) is 0 Å². The van der Waals surface area contributed by atoms with Gasteiger partial charge in [-0.15, -0.1) is 0 Å². The summed E-state index contributed by atoms with van der Waals surface area (Å²) < 4.78 is 4.95. The van der Waals surface area contributed by atoms with Crippen LogP contribution >= 0.6 is 0 Å². The van der Waals surface area contributed by atoms with E-state index in [4.69, 9.17) is 4.74 Å². The lowest BCUT2D eigenvalue weighted by molar-refractivity contribution is -0.146. The number of imide groups is 1. The molecule has 1 fully saturated rings. The summed E-state index contributed by atoms with van der Waals surface area (Å²) in [7, 11) is 0. The van der Waals surface area contributed by atoms with E-state index in [1.807, 2.05) is 13.0 Å². The Balaban J connectivity index is 2.17. The molecule has 1 aromatic rings. The van der Waals surface area contributed by atoms with Crippen molar-refractivity contribution < 1.29 is 19.1 Å². The van der Waals surface area contributed by atoms with Gasteiger partial charge in [-0.25, -0.2) is 4.79 Å². The van der Waals surface area contributed by atoms with Gasteiger partial charge in [-0.05, 0) is 18.9 Å². The van der Waals surface area contributed by atoms with Crippen LogP contribution in [-0.4, -0.2) is 36.0 Å². The third-order valence-electron chi connectivity index (χ3n) is 3.84. The molecule has 1 aliphatic heterocycles. The fourth-order valence-corrected chi connectivity index (χ4v) is 2.54. The lowest BCUT2D eigenvalue weighted by Gasteiger charge is -2.25. The second-order valence-electron chi connectivity index (χ2n) is 5.20. The SMILES string of the molecule is C/C=C/COC(=O)CN1C(=O)NC(CC)(c2ccccc2)C1=O. The highest BCUT2D eigenvalue weighted by atomic mass is 16.5. The van der Waals surface area contributed by atoms with Crippen molar-refractivity contribution in [1.82, 2.24) is 10.2 Å². The van der Waals surface area contributed by atoms with Crippen LogP contribution in [0.25, 0.3) is 0 Å². The Morgan fingerprint density at radius 2 is 2.00 bits per heavy atom. The van der Waals surface area contributed by atoms with Crippen LogP contribution in [-0.2, 0) is 19.9 Å². The third kappa shape index (κ3) is 3.26. The molecule has 122 valence electrons. The van der Waals surface area contributed by atoms with Crippen molar-refractivity contribution in [2.24, 2.45) is 0 Å². The van der Waals surface area contributed by atoms with Gasteiger partial charge in [-0.2, -0.15) is 0 Å². The minimum atomic E-state index is -1.12. The first kappa shape index (κ1) is 16.7. The van der Waals surface area contributed by atoms with E-state index in [1.54, 1.807) is 43.3 Å². The Morgan fingerprint density at radius 3 is 2.61 bits per heavy atom. The zero-order valence-electron chi connectivity index (χ0n) is 13.2. The molecule has 1 aliphatic rings. The Kier molecular flexibility index (Phi) is 5.16. The summed E-state index contributed by atoms with van der Waals surface area (Å²) in [6, 6.07) is 8.44. The van der Waals surface area contributed by atoms with Crippen LogP contribution in [0.15, 0.2) is 42.5 Å². The first-order valence-corrected chi connectivity index (χ1v) is 7.51. The van der Waals surface area contributed by atoms with Crippen LogP contribution in [0.2, 0.25) is 0 Å². The average molecular weight is 316 g/mol. The molecule has 0 spiro atoms. The number of nitrogens with one attached hydrogen (secondary N) is 1. The van der Waals surface area contributed by atoms with Crippen LogP contribution in [0.5, 0.6) is 0 Å². The number of ether oxygens (including phenoxy) is 1. The van der Waals surface area contributed by atoms with Gasteiger partial charge in [0.25, 0.3) is 5.91 Å². The summed E-state index contributed by atoms with van der Waals surface area (Å²) in [5.41, 5.74) is -0.423. The molecular weight excluding hydrogens is 296 g/mol. The van der Waals surface area contributed by atoms with Gasteiger partial charge in [0.15, 0.2) is 0 Å². The highest BCUT2D eigenvalue weighted by Crippen LogP contribution is 2.32. The molecule has 0 aliphatic carbocycles. The molecule has 1 saturated heterocycles. The Morgan fingerprint density at radius 1 is 1.30 bits per heavy atom. The van der Waals surface area contributed by atoms with Crippen molar-refractivity contribution >= 4 is 17.9 Å². The molecule has 23 heavy (non-hydrogen) atoms. The predicted molar refractivity (Wildman–Crippen MR) is 84.4 cm³/mol. The van der Waals surface area contributed by atoms with Crippen LogP contribution in [0, 0.1) is 0 Å². The minimum Gasteiger partial charge on any atom is -0.460 e. The molecule has 6 nitrogen and oxygen atoms in total. The molecule has 1 heterocycles. The molecule has 3 amide bonds. The number of esters is 1. The summed E-state index contributed by atoms with van der Waals surface area (Å²) in [5, 5.41) is 2.72. The van der Waals surface area contributed by atoms with E-state index in [1.165, 1.54) is 0 Å². The van der Waals surface area contributed by atoms with Gasteiger partial charge in [0.1, 0.15) is 18.7 Å². The standard InChI is InChI=1S/C17H20N2O4/c1-3-5-11-23-14(20)12-19-15(21)17(4-2,18-16(19)22)13-9-7-6-8-10-13/h3,5-10H,4,11-12H2,1-2H3,(H,18,22)/b5-3+. The second-order valence-corrected chi connectivity index (χ2v) is 5.20. The van der Waals surface area contributed by atoms with Crippen LogP contribution in [0.1, 0.15) is 25.8 Å². The highest BCUT2D eigenvalue weighted by molar-refractivity contribution is 6.09. The normalized spacial score (nSPS) is 20.9. The van der Waals surface area contributed by atoms with Crippen molar-refractivity contribution in [3.8, 4) is 0 Å². The van der Waals surface area contributed by atoms with E-state index >= 15 is 0 Å². The highest BCUT2D eigenvalue weighted by Gasteiger charge is 2.51. The molecule has 2 rings (SSSR count). The van der Waals surface area contributed by atoms with Crippen LogP contribution < -0.4 is 5.32 Å². The van der Waals surface area contributed by atoms with Gasteiger partial charge in [-0.1, -0.05) is 49.4 Å². The quantitative estimate of drug-likeness (QED) is 0.494. The minimum absolute atomic E-state index is 0.122. The molecule has 6 heteroatoms. The van der Waals surface area contributed by atoms with Crippen molar-refractivity contribution in [2.75, 3.05) is 13.2 Å². The summed E-state index contributed by atoms with van der Waals surface area (Å²) in [6.07, 6.45) is 3.81. The number of carbonyl (C=O) groups is 3. The number of amides is 3. The number of urea groups is 1. The third-order valence-corrected chi connectivity index (χ3v) is 3.84. The Bertz CT molecular complexity index is 627. The lowest BCUT2D eigenvalue weighted by Crippen LogP contribution is -2.44. The van der Waals surface area contributed by atoms with Gasteiger partial charge >= 0.3 is 12.0 Å². The zero-order valence-corrected chi connectivity index (χ0v) is 13.2. The largest absolute Gasteiger partial charge is 0.460 e. The fraction of sp³-hybridized carbons (Fsp3) is 0.353. The Labute approximate surface area is 135 Å². The molecular formula is C17H20N2O4. The van der Waals surface area contributed by atoms with Crippen molar-refractivity contribution in [3.05, 3.63) is 48.0 Å². The first-order valence-electron chi connectivity index (χ1n) is 7.51. The summed E-state index contributed by atoms with van der Waals surface area (Å²) in [4.78, 5) is 37.6. The molecule has 1 N–H and O–H groups in total. The van der Waals surface area contributed by atoms with Gasteiger partial charge < -0.3 is 10.1 Å². The van der Waals surface area contributed by atoms with Gasteiger partial charge in [0.2, 0.25) is 0 Å². The first-order chi connectivity index (χ1) is 11.0. The topological polar surface area (TPSA) is 75.7 Å². The smallest absolute Gasteiger partial charge is 0.326 e. The fourth-order valence-electron chi connectivity index (χ4n) is 2.54. The summed E-state index contributed by atoms with van der Waals surface area (Å²) in [6.45, 7) is 3.35. The molecule has 0 bridgehead atoms. The molecule has 1 unspecified atom stereocenters. The maximum absolute atomic E-state index is 12.8. The van der Waals surface area contributed by atoms with E-state index < -0.39 is 30.0 Å². The monoisotopic (exact) mass is 316 g/mol. The van der Waals surface area contributed by atoms with Crippen molar-refractivity contribution in [1.29, 1.82) is 0 Å². The summed E-state index contributed by atoms with van der Waals surface area (Å²) in [5.74, 6) is -1.05. The molecule has 0 radical (unpaired) electrons. The molecule has 0 saturated carbocycles. The lowest BCUT2D eigenvalue weighted by atomic mass is 9.87. The van der Waals surface area contributed by atoms with Gasteiger partial charge in [0, 0.05) is 0 Å². The number of hydrogen-bond acceptors (Lipinski definition) is 4. The summed E-state index contributed by atoms with van der Waals surface area (Å²) >= 11 is 0. The molecule has 1 aromatic carbocycles. The number of rotatable bonds is 6. The van der Waals surface area contributed by atoms with E-state index in [0.717, 1.165) is 4.90 Å². The predicted octanol–water partition coefficient (Wildman–Crippen LogP) is 1.96. The number of benzene rings is 1. The number of hydrogen-bond donors (Lipinski definition) is 1.